The largest absolute Gasteiger partial charge is 0.487 e. The lowest BCUT2D eigenvalue weighted by atomic mass is 10.1. The van der Waals surface area contributed by atoms with Gasteiger partial charge >= 0.3 is 0 Å². The lowest BCUT2D eigenvalue weighted by Gasteiger charge is -2.11. The van der Waals surface area contributed by atoms with Gasteiger partial charge in [-0.2, -0.15) is 10.4 Å². The second-order valence-corrected chi connectivity index (χ2v) is 5.81. The van der Waals surface area contributed by atoms with E-state index in [9.17, 15) is 4.39 Å². The monoisotopic (exact) mass is 375 g/mol. The lowest BCUT2D eigenvalue weighted by Crippen LogP contribution is -2.11. The van der Waals surface area contributed by atoms with Crippen molar-refractivity contribution in [2.24, 2.45) is 11.0 Å². The number of ether oxygens (including phenoxy) is 1. The van der Waals surface area contributed by atoms with Gasteiger partial charge in [0, 0.05) is 11.8 Å². The Balaban J connectivity index is 2.56. The SMILES string of the molecule is C/C=C\C(C#N)C/C=C/N/N=C(C)\C(=C\C)COc1ccc(F)cc1Cl. The third kappa shape index (κ3) is 7.54. The summed E-state index contributed by atoms with van der Waals surface area (Å²) in [4.78, 5) is 0. The van der Waals surface area contributed by atoms with Gasteiger partial charge in [-0.05, 0) is 45.4 Å². The smallest absolute Gasteiger partial charge is 0.138 e. The molecule has 0 bridgehead atoms. The first kappa shape index (κ1) is 21.5. The van der Waals surface area contributed by atoms with E-state index in [4.69, 9.17) is 21.6 Å². The average Bonchev–Trinajstić information content (AvgIpc) is 2.62. The minimum Gasteiger partial charge on any atom is -0.487 e. The highest BCUT2D eigenvalue weighted by Crippen LogP contribution is 2.25. The fraction of sp³-hybridized carbons (Fsp3) is 0.300. The Bertz CT molecular complexity index is 748. The maximum atomic E-state index is 13.1. The van der Waals surface area contributed by atoms with Crippen LogP contribution in [0.4, 0.5) is 4.39 Å². The molecule has 1 N–H and O–H groups in total. The van der Waals surface area contributed by atoms with Crippen LogP contribution in [0.15, 0.2) is 59.4 Å². The number of hydrogen-bond acceptors (Lipinski definition) is 4. The van der Waals surface area contributed by atoms with Crippen molar-refractivity contribution in [3.63, 3.8) is 0 Å². The molecule has 6 heteroatoms. The number of nitrogens with one attached hydrogen (secondary N) is 1. The van der Waals surface area contributed by atoms with Gasteiger partial charge in [0.2, 0.25) is 0 Å². The van der Waals surface area contributed by atoms with E-state index in [0.29, 0.717) is 12.2 Å². The molecule has 0 fully saturated rings. The van der Waals surface area contributed by atoms with Crippen molar-refractivity contribution < 1.29 is 9.13 Å². The van der Waals surface area contributed by atoms with Gasteiger partial charge < -0.3 is 4.74 Å². The molecule has 0 aliphatic carbocycles. The Kier molecular flexibility index (Phi) is 9.81. The van der Waals surface area contributed by atoms with Gasteiger partial charge in [0.25, 0.3) is 0 Å². The number of allylic oxidation sites excluding steroid dienone is 4. The molecule has 0 spiro atoms. The molecule has 1 rings (SSSR count). The predicted molar refractivity (Wildman–Crippen MR) is 105 cm³/mol. The number of nitriles is 1. The Hall–Kier alpha value is -2.58. The Morgan fingerprint density at radius 3 is 2.85 bits per heavy atom. The van der Waals surface area contributed by atoms with Gasteiger partial charge in [-0.1, -0.05) is 35.9 Å². The molecule has 4 nitrogen and oxygen atoms in total. The predicted octanol–water partition coefficient (Wildman–Crippen LogP) is 5.39. The van der Waals surface area contributed by atoms with Crippen LogP contribution < -0.4 is 10.2 Å². The fourth-order valence-electron chi connectivity index (χ4n) is 2.02. The summed E-state index contributed by atoms with van der Waals surface area (Å²) in [7, 11) is 0. The first-order valence-corrected chi connectivity index (χ1v) is 8.60. The second-order valence-electron chi connectivity index (χ2n) is 5.40. The molecule has 0 aromatic heterocycles. The second kappa shape index (κ2) is 11.9. The molecule has 1 aromatic carbocycles. The van der Waals surface area contributed by atoms with Crippen LogP contribution in [0.25, 0.3) is 0 Å². The first-order valence-electron chi connectivity index (χ1n) is 8.22. The Morgan fingerprint density at radius 1 is 1.46 bits per heavy atom. The number of hydrazone groups is 1. The van der Waals surface area contributed by atoms with Gasteiger partial charge in [-0.3, -0.25) is 5.43 Å². The van der Waals surface area contributed by atoms with Gasteiger partial charge in [0.15, 0.2) is 0 Å². The molecule has 0 saturated heterocycles. The third-order valence-electron chi connectivity index (χ3n) is 3.50. The number of halogens is 2. The summed E-state index contributed by atoms with van der Waals surface area (Å²) in [5, 5.41) is 13.4. The Labute approximate surface area is 159 Å². The molecular formula is C20H23ClFN3O. The molecule has 0 radical (unpaired) electrons. The van der Waals surface area contributed by atoms with Crippen molar-refractivity contribution >= 4 is 17.3 Å². The van der Waals surface area contributed by atoms with E-state index in [1.165, 1.54) is 18.2 Å². The van der Waals surface area contributed by atoms with Crippen LogP contribution in [0.5, 0.6) is 5.75 Å². The van der Waals surface area contributed by atoms with Crippen molar-refractivity contribution in [3.05, 3.63) is 65.1 Å². The third-order valence-corrected chi connectivity index (χ3v) is 3.79. The van der Waals surface area contributed by atoms with Crippen molar-refractivity contribution in [3.8, 4) is 11.8 Å². The minimum absolute atomic E-state index is 0.136. The summed E-state index contributed by atoms with van der Waals surface area (Å²) in [6.45, 7) is 5.89. The maximum Gasteiger partial charge on any atom is 0.138 e. The highest BCUT2D eigenvalue weighted by atomic mass is 35.5. The maximum absolute atomic E-state index is 13.1. The first-order chi connectivity index (χ1) is 12.5. The van der Waals surface area contributed by atoms with E-state index < -0.39 is 5.82 Å². The quantitative estimate of drug-likeness (QED) is 0.357. The summed E-state index contributed by atoms with van der Waals surface area (Å²) in [5.41, 5.74) is 4.46. The van der Waals surface area contributed by atoms with Crippen LogP contribution in [-0.4, -0.2) is 12.3 Å². The van der Waals surface area contributed by atoms with E-state index in [1.54, 1.807) is 6.20 Å². The van der Waals surface area contributed by atoms with Crippen LogP contribution >= 0.6 is 11.6 Å². The van der Waals surface area contributed by atoms with Crippen molar-refractivity contribution in [1.82, 2.24) is 5.43 Å². The molecule has 0 amide bonds. The van der Waals surface area contributed by atoms with Gasteiger partial charge in [-0.15, -0.1) is 0 Å². The molecular weight excluding hydrogens is 353 g/mol. The van der Waals surface area contributed by atoms with E-state index in [0.717, 1.165) is 11.3 Å². The number of rotatable bonds is 9. The van der Waals surface area contributed by atoms with Gasteiger partial charge in [0.05, 0.1) is 22.7 Å². The molecule has 0 aliphatic rings. The zero-order valence-electron chi connectivity index (χ0n) is 15.2. The number of hydrogen-bond donors (Lipinski definition) is 1. The van der Waals surface area contributed by atoms with Crippen LogP contribution in [0, 0.1) is 23.1 Å². The molecule has 0 heterocycles. The molecule has 0 saturated carbocycles. The summed E-state index contributed by atoms with van der Waals surface area (Å²) in [6.07, 6.45) is 9.78. The van der Waals surface area contributed by atoms with E-state index in [2.05, 4.69) is 16.6 Å². The van der Waals surface area contributed by atoms with Crippen LogP contribution in [-0.2, 0) is 0 Å². The molecule has 1 aromatic rings. The van der Waals surface area contributed by atoms with Gasteiger partial charge in [-0.25, -0.2) is 4.39 Å². The molecule has 0 aliphatic heterocycles. The topological polar surface area (TPSA) is 57.4 Å². The zero-order valence-corrected chi connectivity index (χ0v) is 15.9. The minimum atomic E-state index is -0.407. The average molecular weight is 376 g/mol. The van der Waals surface area contributed by atoms with Crippen LogP contribution in [0.1, 0.15) is 27.2 Å². The molecule has 138 valence electrons. The van der Waals surface area contributed by atoms with Crippen LogP contribution in [0.2, 0.25) is 5.02 Å². The number of nitrogens with zero attached hydrogens (tertiary/aromatic N) is 2. The van der Waals surface area contributed by atoms with E-state index in [1.807, 2.05) is 45.1 Å². The Morgan fingerprint density at radius 2 is 2.23 bits per heavy atom. The zero-order chi connectivity index (χ0) is 19.4. The van der Waals surface area contributed by atoms with Crippen molar-refractivity contribution in [2.75, 3.05) is 6.61 Å². The molecule has 1 atom stereocenters. The lowest BCUT2D eigenvalue weighted by molar-refractivity contribution is 0.356. The normalized spacial score (nSPS) is 13.8. The van der Waals surface area contributed by atoms with Gasteiger partial charge in [0.1, 0.15) is 18.2 Å². The summed E-state index contributed by atoms with van der Waals surface area (Å²) in [6, 6.07) is 6.21. The highest BCUT2D eigenvalue weighted by molar-refractivity contribution is 6.32. The van der Waals surface area contributed by atoms with Crippen molar-refractivity contribution in [2.45, 2.75) is 27.2 Å². The fourth-order valence-corrected chi connectivity index (χ4v) is 2.25. The highest BCUT2D eigenvalue weighted by Gasteiger charge is 2.06. The summed E-state index contributed by atoms with van der Waals surface area (Å²) < 4.78 is 18.7. The molecule has 26 heavy (non-hydrogen) atoms. The standard InChI is InChI=1S/C20H23ClFN3O/c1-4-7-16(13-23)8-6-11-24-25-15(3)17(5-2)14-26-20-10-9-18(22)12-19(20)21/h4-7,9-12,16,24H,8,14H2,1-3H3/b7-4-,11-6+,17-5+,25-15-. The summed E-state index contributed by atoms with van der Waals surface area (Å²) >= 11 is 5.95. The number of benzene rings is 1. The molecule has 1 unspecified atom stereocenters. The van der Waals surface area contributed by atoms with E-state index >= 15 is 0 Å². The van der Waals surface area contributed by atoms with Crippen molar-refractivity contribution in [1.29, 1.82) is 5.26 Å². The van der Waals surface area contributed by atoms with Crippen LogP contribution in [0.3, 0.4) is 0 Å². The van der Waals surface area contributed by atoms with E-state index in [-0.39, 0.29) is 17.5 Å². The summed E-state index contributed by atoms with van der Waals surface area (Å²) in [5.74, 6) is -0.127.